The van der Waals surface area contributed by atoms with E-state index in [1.54, 1.807) is 0 Å². The molecule has 0 aromatic carbocycles. The number of aliphatic hydroxyl groups excluding tert-OH is 1. The zero-order valence-electron chi connectivity index (χ0n) is 13.5. The maximum Gasteiger partial charge on any atom is 0.0446 e. The first-order valence-electron chi connectivity index (χ1n) is 7.83. The molecule has 0 saturated carbocycles. The van der Waals surface area contributed by atoms with Crippen molar-refractivity contribution in [3.63, 3.8) is 0 Å². The van der Waals surface area contributed by atoms with Crippen LogP contribution in [-0.4, -0.2) is 53.7 Å². The van der Waals surface area contributed by atoms with Gasteiger partial charge in [-0.3, -0.25) is 9.80 Å². The molecule has 21 heavy (non-hydrogen) atoms. The number of hydrogen-bond donors (Lipinski definition) is 1. The van der Waals surface area contributed by atoms with Crippen molar-refractivity contribution < 1.29 is 5.11 Å². The topological polar surface area (TPSA) is 26.7 Å². The van der Waals surface area contributed by atoms with Crippen LogP contribution in [0, 0.1) is 6.92 Å². The summed E-state index contributed by atoms with van der Waals surface area (Å²) < 4.78 is 0. The van der Waals surface area contributed by atoms with Crippen molar-refractivity contribution in [2.45, 2.75) is 39.8 Å². The third kappa shape index (κ3) is 4.92. The van der Waals surface area contributed by atoms with Gasteiger partial charge in [0.15, 0.2) is 0 Å². The average Bonchev–Trinajstić information content (AvgIpc) is 2.84. The molecule has 1 aromatic heterocycles. The van der Waals surface area contributed by atoms with Crippen LogP contribution in [0.3, 0.4) is 0 Å². The van der Waals surface area contributed by atoms with Gasteiger partial charge in [0.2, 0.25) is 0 Å². The molecule has 1 atom stereocenters. The SMILES string of the molecule is CC(C)=CCN1CCN(Cc2sccc2C)C[C@@H]1CCO. The lowest BCUT2D eigenvalue weighted by molar-refractivity contribution is 0.0641. The van der Waals surface area contributed by atoms with Gasteiger partial charge < -0.3 is 5.11 Å². The highest BCUT2D eigenvalue weighted by Gasteiger charge is 2.26. The molecule has 118 valence electrons. The molecule has 1 saturated heterocycles. The second-order valence-electron chi connectivity index (χ2n) is 6.20. The van der Waals surface area contributed by atoms with Gasteiger partial charge in [0, 0.05) is 50.2 Å². The Balaban J connectivity index is 1.94. The van der Waals surface area contributed by atoms with Gasteiger partial charge in [0.25, 0.3) is 0 Å². The lowest BCUT2D eigenvalue weighted by Crippen LogP contribution is -2.53. The van der Waals surface area contributed by atoms with Gasteiger partial charge in [-0.25, -0.2) is 0 Å². The normalized spacial score (nSPS) is 20.7. The smallest absolute Gasteiger partial charge is 0.0446 e. The minimum absolute atomic E-state index is 0.280. The van der Waals surface area contributed by atoms with E-state index in [4.69, 9.17) is 0 Å². The molecule has 1 fully saturated rings. The van der Waals surface area contributed by atoms with Crippen LogP contribution < -0.4 is 0 Å². The van der Waals surface area contributed by atoms with Crippen LogP contribution in [0.15, 0.2) is 23.1 Å². The molecule has 0 unspecified atom stereocenters. The molecule has 0 spiro atoms. The fourth-order valence-electron chi connectivity index (χ4n) is 2.83. The van der Waals surface area contributed by atoms with Crippen LogP contribution in [0.2, 0.25) is 0 Å². The van der Waals surface area contributed by atoms with Crippen LogP contribution in [0.5, 0.6) is 0 Å². The van der Waals surface area contributed by atoms with Gasteiger partial charge in [-0.15, -0.1) is 11.3 Å². The predicted molar refractivity (Wildman–Crippen MR) is 90.8 cm³/mol. The largest absolute Gasteiger partial charge is 0.396 e. The lowest BCUT2D eigenvalue weighted by atomic mass is 10.1. The quantitative estimate of drug-likeness (QED) is 0.819. The summed E-state index contributed by atoms with van der Waals surface area (Å²) in [6.45, 7) is 12.1. The van der Waals surface area contributed by atoms with Crippen LogP contribution in [0.1, 0.15) is 30.7 Å². The minimum atomic E-state index is 0.280. The number of allylic oxidation sites excluding steroid dienone is 1. The summed E-state index contributed by atoms with van der Waals surface area (Å²) in [6.07, 6.45) is 3.17. The number of rotatable bonds is 6. The third-order valence-electron chi connectivity index (χ3n) is 4.22. The fraction of sp³-hybridized carbons (Fsp3) is 0.647. The van der Waals surface area contributed by atoms with Crippen molar-refractivity contribution in [1.82, 2.24) is 9.80 Å². The Labute approximate surface area is 132 Å². The van der Waals surface area contributed by atoms with E-state index in [9.17, 15) is 5.11 Å². The van der Waals surface area contributed by atoms with E-state index in [0.29, 0.717) is 6.04 Å². The van der Waals surface area contributed by atoms with Crippen LogP contribution >= 0.6 is 11.3 Å². The molecule has 1 aliphatic heterocycles. The zero-order valence-corrected chi connectivity index (χ0v) is 14.3. The molecular weight excluding hydrogens is 280 g/mol. The minimum Gasteiger partial charge on any atom is -0.396 e. The number of hydrogen-bond acceptors (Lipinski definition) is 4. The van der Waals surface area contributed by atoms with E-state index < -0.39 is 0 Å². The van der Waals surface area contributed by atoms with Crippen molar-refractivity contribution in [3.05, 3.63) is 33.5 Å². The summed E-state index contributed by atoms with van der Waals surface area (Å²) in [5, 5.41) is 11.5. The van der Waals surface area contributed by atoms with Gasteiger partial charge in [0.1, 0.15) is 0 Å². The Morgan fingerprint density at radius 3 is 2.86 bits per heavy atom. The van der Waals surface area contributed by atoms with Gasteiger partial charge in [-0.2, -0.15) is 0 Å². The van der Waals surface area contributed by atoms with Crippen LogP contribution in [0.4, 0.5) is 0 Å². The molecule has 0 bridgehead atoms. The van der Waals surface area contributed by atoms with Crippen molar-refractivity contribution in [1.29, 1.82) is 0 Å². The first-order chi connectivity index (χ1) is 10.1. The summed E-state index contributed by atoms with van der Waals surface area (Å²) in [5.41, 5.74) is 2.78. The molecule has 0 amide bonds. The molecule has 2 heterocycles. The van der Waals surface area contributed by atoms with Crippen molar-refractivity contribution in [3.8, 4) is 0 Å². The second kappa shape index (κ2) is 8.08. The maximum absolute atomic E-state index is 9.34. The molecule has 0 aliphatic carbocycles. The van der Waals surface area contributed by atoms with E-state index in [1.165, 1.54) is 16.0 Å². The monoisotopic (exact) mass is 308 g/mol. The number of thiophene rings is 1. The summed E-state index contributed by atoms with van der Waals surface area (Å²) in [7, 11) is 0. The fourth-order valence-corrected chi connectivity index (χ4v) is 3.78. The predicted octanol–water partition coefficient (Wildman–Crippen LogP) is 2.89. The molecule has 2 rings (SSSR count). The Hall–Kier alpha value is -0.680. The molecule has 0 radical (unpaired) electrons. The summed E-state index contributed by atoms with van der Waals surface area (Å²) in [4.78, 5) is 6.54. The molecule has 4 heteroatoms. The number of aliphatic hydroxyl groups is 1. The molecule has 1 aliphatic rings. The van der Waals surface area contributed by atoms with Crippen molar-refractivity contribution in [2.75, 3.05) is 32.8 Å². The van der Waals surface area contributed by atoms with E-state index in [-0.39, 0.29) is 6.61 Å². The van der Waals surface area contributed by atoms with E-state index in [0.717, 1.165) is 39.1 Å². The first kappa shape index (κ1) is 16.7. The van der Waals surface area contributed by atoms with Gasteiger partial charge >= 0.3 is 0 Å². The second-order valence-corrected chi connectivity index (χ2v) is 7.21. The Morgan fingerprint density at radius 2 is 2.24 bits per heavy atom. The summed E-state index contributed by atoms with van der Waals surface area (Å²) in [5.74, 6) is 0. The Morgan fingerprint density at radius 1 is 1.43 bits per heavy atom. The van der Waals surface area contributed by atoms with Crippen LogP contribution in [-0.2, 0) is 6.54 Å². The van der Waals surface area contributed by atoms with E-state index >= 15 is 0 Å². The molecule has 1 N–H and O–H groups in total. The molecule has 1 aromatic rings. The van der Waals surface area contributed by atoms with E-state index in [2.05, 4.69) is 48.1 Å². The zero-order chi connectivity index (χ0) is 15.2. The molecular formula is C17H28N2OS. The summed E-state index contributed by atoms with van der Waals surface area (Å²) in [6, 6.07) is 2.68. The Bertz CT molecular complexity index is 465. The number of piperazine rings is 1. The first-order valence-corrected chi connectivity index (χ1v) is 8.71. The highest BCUT2D eigenvalue weighted by atomic mass is 32.1. The molecule has 3 nitrogen and oxygen atoms in total. The standard InChI is InChI=1S/C17H28N2OS/c1-14(2)4-7-19-9-8-18(12-16(19)5-10-20)13-17-15(3)6-11-21-17/h4,6,11,16,20H,5,7-10,12-13H2,1-3H3/t16-/m0/s1. The number of aryl methyl sites for hydroxylation is 1. The number of nitrogens with zero attached hydrogens (tertiary/aromatic N) is 2. The average molecular weight is 308 g/mol. The van der Waals surface area contributed by atoms with Gasteiger partial charge in [0.05, 0.1) is 0 Å². The third-order valence-corrected chi connectivity index (χ3v) is 5.23. The summed E-state index contributed by atoms with van der Waals surface area (Å²) >= 11 is 1.86. The Kier molecular flexibility index (Phi) is 6.42. The van der Waals surface area contributed by atoms with Crippen LogP contribution in [0.25, 0.3) is 0 Å². The van der Waals surface area contributed by atoms with Crippen molar-refractivity contribution >= 4 is 11.3 Å². The lowest BCUT2D eigenvalue weighted by Gasteiger charge is -2.41. The maximum atomic E-state index is 9.34. The van der Waals surface area contributed by atoms with Gasteiger partial charge in [-0.1, -0.05) is 11.6 Å². The van der Waals surface area contributed by atoms with E-state index in [1.807, 2.05) is 11.3 Å². The highest BCUT2D eigenvalue weighted by Crippen LogP contribution is 2.21. The van der Waals surface area contributed by atoms with Gasteiger partial charge in [-0.05, 0) is 44.2 Å². The highest BCUT2D eigenvalue weighted by molar-refractivity contribution is 7.10. The van der Waals surface area contributed by atoms with Crippen molar-refractivity contribution in [2.24, 2.45) is 0 Å².